The molecule has 5 heteroatoms. The van der Waals surface area contributed by atoms with Crippen molar-refractivity contribution in [3.05, 3.63) is 46.4 Å². The number of benzene rings is 2. The molecule has 1 nitrogen and oxygen atoms in total. The van der Waals surface area contributed by atoms with E-state index >= 15 is 0 Å². The molecule has 0 amide bonds. The summed E-state index contributed by atoms with van der Waals surface area (Å²) in [5, 5.41) is 1.37. The fourth-order valence-electron chi connectivity index (χ4n) is 2.05. The highest BCUT2D eigenvalue weighted by Crippen LogP contribution is 2.34. The van der Waals surface area contributed by atoms with E-state index < -0.39 is 11.7 Å². The Morgan fingerprint density at radius 3 is 2.17 bits per heavy atom. The predicted octanol–water partition coefficient (Wildman–Crippen LogP) is 5.10. The van der Waals surface area contributed by atoms with Crippen molar-refractivity contribution < 1.29 is 13.2 Å². The summed E-state index contributed by atoms with van der Waals surface area (Å²) in [5.74, 6) is 0. The number of alkyl halides is 3. The molecule has 1 N–H and O–H groups in total. The van der Waals surface area contributed by atoms with Crippen molar-refractivity contribution in [3.8, 4) is 0 Å². The summed E-state index contributed by atoms with van der Waals surface area (Å²) in [7, 11) is 0. The number of H-pyrrole nitrogens is 1. The van der Waals surface area contributed by atoms with E-state index in [1.165, 1.54) is 12.1 Å². The molecule has 0 saturated carbocycles. The highest BCUT2D eigenvalue weighted by atomic mass is 79.9. The average Bonchev–Trinajstić information content (AvgIpc) is 2.65. The first-order chi connectivity index (χ1) is 8.45. The van der Waals surface area contributed by atoms with Crippen LogP contribution in [0.2, 0.25) is 0 Å². The van der Waals surface area contributed by atoms with Gasteiger partial charge in [0.25, 0.3) is 0 Å². The lowest BCUT2D eigenvalue weighted by molar-refractivity contribution is -0.137. The van der Waals surface area contributed by atoms with Crippen LogP contribution in [0.4, 0.5) is 13.2 Å². The van der Waals surface area contributed by atoms with E-state index in [0.29, 0.717) is 10.9 Å². The van der Waals surface area contributed by atoms with Crippen LogP contribution >= 0.6 is 15.9 Å². The zero-order valence-corrected chi connectivity index (χ0v) is 10.6. The lowest BCUT2D eigenvalue weighted by Crippen LogP contribution is -2.03. The third-order valence-electron chi connectivity index (χ3n) is 2.89. The predicted molar refractivity (Wildman–Crippen MR) is 68.5 cm³/mol. The second-order valence-corrected chi connectivity index (χ2v) is 4.99. The molecule has 0 bridgehead atoms. The third-order valence-corrected chi connectivity index (χ3v) is 3.38. The minimum atomic E-state index is -4.32. The van der Waals surface area contributed by atoms with Gasteiger partial charge in [0, 0.05) is 26.3 Å². The van der Waals surface area contributed by atoms with Crippen molar-refractivity contribution in [1.82, 2.24) is 4.98 Å². The van der Waals surface area contributed by atoms with Gasteiger partial charge < -0.3 is 4.98 Å². The summed E-state index contributed by atoms with van der Waals surface area (Å²) < 4.78 is 38.9. The molecular formula is C13H7BrF3N. The lowest BCUT2D eigenvalue weighted by atomic mass is 10.1. The quantitative estimate of drug-likeness (QED) is 0.594. The molecule has 3 rings (SSSR count). The Kier molecular flexibility index (Phi) is 2.41. The van der Waals surface area contributed by atoms with Gasteiger partial charge in [0.15, 0.2) is 0 Å². The molecule has 0 spiro atoms. The highest BCUT2D eigenvalue weighted by Gasteiger charge is 2.30. The van der Waals surface area contributed by atoms with Crippen LogP contribution in [-0.4, -0.2) is 4.98 Å². The van der Waals surface area contributed by atoms with Crippen LogP contribution in [0.15, 0.2) is 40.9 Å². The van der Waals surface area contributed by atoms with Gasteiger partial charge in [0.05, 0.1) is 5.56 Å². The SMILES string of the molecule is FC(F)(F)c1ccc2[nH]c3ccc(Br)cc3c2c1. The van der Waals surface area contributed by atoms with Crippen molar-refractivity contribution in [2.24, 2.45) is 0 Å². The Labute approximate surface area is 109 Å². The van der Waals surface area contributed by atoms with Crippen molar-refractivity contribution in [2.45, 2.75) is 6.18 Å². The van der Waals surface area contributed by atoms with E-state index in [9.17, 15) is 13.2 Å². The van der Waals surface area contributed by atoms with Gasteiger partial charge in [-0.3, -0.25) is 0 Å². The Bertz CT molecular complexity index is 743. The molecule has 0 atom stereocenters. The zero-order chi connectivity index (χ0) is 12.9. The standard InChI is InChI=1S/C13H7BrF3N/c14-8-2-4-12-10(6-8)9-5-7(13(15,16)17)1-3-11(9)18-12/h1-6,18H. The normalized spacial score (nSPS) is 12.4. The summed E-state index contributed by atoms with van der Waals surface area (Å²) in [4.78, 5) is 3.10. The molecule has 1 heterocycles. The molecule has 0 aliphatic carbocycles. The second kappa shape index (κ2) is 3.75. The van der Waals surface area contributed by atoms with Gasteiger partial charge in [-0.25, -0.2) is 0 Å². The average molecular weight is 314 g/mol. The number of fused-ring (bicyclic) bond motifs is 3. The van der Waals surface area contributed by atoms with Gasteiger partial charge in [-0.2, -0.15) is 13.2 Å². The first-order valence-electron chi connectivity index (χ1n) is 5.23. The van der Waals surface area contributed by atoms with Crippen LogP contribution in [0.3, 0.4) is 0 Å². The molecule has 0 aliphatic rings. The van der Waals surface area contributed by atoms with Crippen molar-refractivity contribution >= 4 is 37.7 Å². The molecule has 0 aliphatic heterocycles. The fraction of sp³-hybridized carbons (Fsp3) is 0.0769. The number of hydrogen-bond donors (Lipinski definition) is 1. The van der Waals surface area contributed by atoms with Crippen LogP contribution in [0.25, 0.3) is 21.8 Å². The third kappa shape index (κ3) is 1.79. The van der Waals surface area contributed by atoms with E-state index in [1.807, 2.05) is 18.2 Å². The Balaban J connectivity index is 2.38. The molecule has 18 heavy (non-hydrogen) atoms. The van der Waals surface area contributed by atoms with E-state index in [4.69, 9.17) is 0 Å². The van der Waals surface area contributed by atoms with Gasteiger partial charge in [0.2, 0.25) is 0 Å². The molecule has 2 aromatic carbocycles. The maximum atomic E-state index is 12.7. The van der Waals surface area contributed by atoms with Crippen molar-refractivity contribution in [2.75, 3.05) is 0 Å². The molecule has 0 fully saturated rings. The summed E-state index contributed by atoms with van der Waals surface area (Å²) in [5.41, 5.74) is 0.902. The van der Waals surface area contributed by atoms with Crippen LogP contribution in [0.5, 0.6) is 0 Å². The highest BCUT2D eigenvalue weighted by molar-refractivity contribution is 9.10. The molecule has 0 unspecified atom stereocenters. The number of nitrogens with one attached hydrogen (secondary N) is 1. The van der Waals surface area contributed by atoms with E-state index in [-0.39, 0.29) is 0 Å². The van der Waals surface area contributed by atoms with Crippen LogP contribution in [-0.2, 0) is 6.18 Å². The first-order valence-corrected chi connectivity index (χ1v) is 6.02. The van der Waals surface area contributed by atoms with Crippen LogP contribution in [0.1, 0.15) is 5.56 Å². The Morgan fingerprint density at radius 2 is 1.50 bits per heavy atom. The number of halogens is 4. The van der Waals surface area contributed by atoms with Gasteiger partial charge in [-0.15, -0.1) is 0 Å². The molecular weight excluding hydrogens is 307 g/mol. The lowest BCUT2D eigenvalue weighted by Gasteiger charge is -2.05. The summed E-state index contributed by atoms with van der Waals surface area (Å²) >= 11 is 3.32. The number of rotatable bonds is 0. The largest absolute Gasteiger partial charge is 0.416 e. The smallest absolute Gasteiger partial charge is 0.355 e. The van der Waals surface area contributed by atoms with E-state index in [1.54, 1.807) is 0 Å². The second-order valence-electron chi connectivity index (χ2n) is 4.07. The van der Waals surface area contributed by atoms with Gasteiger partial charge in [-0.1, -0.05) is 15.9 Å². The Hall–Kier alpha value is -1.49. The number of aromatic amines is 1. The summed E-state index contributed by atoms with van der Waals surface area (Å²) in [6, 6.07) is 9.24. The molecule has 3 aromatic rings. The van der Waals surface area contributed by atoms with E-state index in [2.05, 4.69) is 20.9 Å². The minimum absolute atomic E-state index is 0.584. The Morgan fingerprint density at radius 1 is 0.889 bits per heavy atom. The summed E-state index contributed by atoms with van der Waals surface area (Å²) in [6.07, 6.45) is -4.32. The maximum Gasteiger partial charge on any atom is 0.416 e. The topological polar surface area (TPSA) is 15.8 Å². The van der Waals surface area contributed by atoms with Crippen LogP contribution in [0, 0.1) is 0 Å². The molecule has 92 valence electrons. The van der Waals surface area contributed by atoms with Gasteiger partial charge >= 0.3 is 6.18 Å². The van der Waals surface area contributed by atoms with E-state index in [0.717, 1.165) is 21.4 Å². The minimum Gasteiger partial charge on any atom is -0.355 e. The zero-order valence-electron chi connectivity index (χ0n) is 8.98. The molecule has 1 aromatic heterocycles. The number of hydrogen-bond acceptors (Lipinski definition) is 0. The number of aromatic nitrogens is 1. The van der Waals surface area contributed by atoms with Gasteiger partial charge in [0.1, 0.15) is 0 Å². The fourth-order valence-corrected chi connectivity index (χ4v) is 2.41. The maximum absolute atomic E-state index is 12.7. The first kappa shape index (κ1) is 11.6. The van der Waals surface area contributed by atoms with Crippen molar-refractivity contribution in [3.63, 3.8) is 0 Å². The molecule has 0 saturated heterocycles. The molecule has 0 radical (unpaired) electrons. The monoisotopic (exact) mass is 313 g/mol. The van der Waals surface area contributed by atoms with Gasteiger partial charge in [-0.05, 0) is 36.4 Å². The summed E-state index contributed by atoms with van der Waals surface area (Å²) in [6.45, 7) is 0. The van der Waals surface area contributed by atoms with Crippen molar-refractivity contribution in [1.29, 1.82) is 0 Å². The van der Waals surface area contributed by atoms with Crippen LogP contribution < -0.4 is 0 Å².